The van der Waals surface area contributed by atoms with E-state index >= 15 is 0 Å². The lowest BCUT2D eigenvalue weighted by Gasteiger charge is -2.10. The molecule has 1 rings (SSSR count). The number of halogens is 2. The summed E-state index contributed by atoms with van der Waals surface area (Å²) in [6.07, 6.45) is 0. The molecule has 2 nitrogen and oxygen atoms in total. The molecule has 1 aromatic carbocycles. The third-order valence-corrected chi connectivity index (χ3v) is 2.08. The van der Waals surface area contributed by atoms with Gasteiger partial charge in [-0.25, -0.2) is 8.78 Å². The van der Waals surface area contributed by atoms with E-state index in [1.165, 1.54) is 26.0 Å². The second-order valence-electron chi connectivity index (χ2n) is 3.19. The number of nitrogens with two attached hydrogens (primary N) is 1. The lowest BCUT2D eigenvalue weighted by atomic mass is 10.0. The molecule has 1 atom stereocenters. The predicted molar refractivity (Wildman–Crippen MR) is 48.7 cm³/mol. The summed E-state index contributed by atoms with van der Waals surface area (Å²) in [7, 11) is 0. The fraction of sp³-hybridized carbons (Fsp3) is 0.300. The molecule has 4 heteroatoms. The van der Waals surface area contributed by atoms with Crippen molar-refractivity contribution in [2.45, 2.75) is 19.9 Å². The zero-order valence-corrected chi connectivity index (χ0v) is 7.97. The molecule has 0 saturated heterocycles. The summed E-state index contributed by atoms with van der Waals surface area (Å²) in [5, 5.41) is 0. The molecule has 0 saturated carbocycles. The molecule has 0 amide bonds. The second kappa shape index (κ2) is 3.84. The van der Waals surface area contributed by atoms with Crippen molar-refractivity contribution < 1.29 is 13.6 Å². The smallest absolute Gasteiger partial charge is 0.164 e. The average molecular weight is 199 g/mol. The van der Waals surface area contributed by atoms with E-state index < -0.39 is 23.5 Å². The molecule has 0 bridgehead atoms. The molecule has 0 fully saturated rings. The zero-order chi connectivity index (χ0) is 10.9. The number of hydrogen-bond donors (Lipinski definition) is 1. The molecular formula is C10H11F2NO. The average Bonchev–Trinajstić information content (AvgIpc) is 2.13. The number of hydrogen-bond acceptors (Lipinski definition) is 2. The number of carbonyl (C=O) groups excluding carboxylic acids is 1. The van der Waals surface area contributed by atoms with Crippen LogP contribution in [0, 0.1) is 18.6 Å². The van der Waals surface area contributed by atoms with E-state index in [0.29, 0.717) is 0 Å². The Kier molecular flexibility index (Phi) is 2.96. The molecule has 2 N–H and O–H groups in total. The van der Waals surface area contributed by atoms with Gasteiger partial charge in [-0.3, -0.25) is 4.79 Å². The highest BCUT2D eigenvalue weighted by Gasteiger charge is 2.19. The van der Waals surface area contributed by atoms with Crippen LogP contribution in [0.3, 0.4) is 0 Å². The normalized spacial score (nSPS) is 12.6. The molecule has 0 aromatic heterocycles. The van der Waals surface area contributed by atoms with Gasteiger partial charge in [0.2, 0.25) is 0 Å². The van der Waals surface area contributed by atoms with Crippen molar-refractivity contribution in [3.8, 4) is 0 Å². The molecule has 0 spiro atoms. The maximum atomic E-state index is 13.3. The van der Waals surface area contributed by atoms with E-state index in [4.69, 9.17) is 5.73 Å². The molecule has 0 radical (unpaired) electrons. The van der Waals surface area contributed by atoms with Crippen LogP contribution in [0.25, 0.3) is 0 Å². The number of Topliss-reactive ketones (excluding diaryl/α,β-unsaturated/α-hetero) is 1. The quantitative estimate of drug-likeness (QED) is 0.790. The van der Waals surface area contributed by atoms with Crippen molar-refractivity contribution in [3.63, 3.8) is 0 Å². The number of ketones is 1. The van der Waals surface area contributed by atoms with Crippen LogP contribution in [0.5, 0.6) is 0 Å². The Balaban J connectivity index is 3.24. The molecule has 0 aliphatic carbocycles. The third-order valence-electron chi connectivity index (χ3n) is 2.08. The van der Waals surface area contributed by atoms with E-state index in [9.17, 15) is 13.6 Å². The van der Waals surface area contributed by atoms with Crippen LogP contribution in [0.4, 0.5) is 8.78 Å². The minimum Gasteiger partial charge on any atom is -0.318 e. The Labute approximate surface area is 80.7 Å². The van der Waals surface area contributed by atoms with Gasteiger partial charge < -0.3 is 5.73 Å². The van der Waals surface area contributed by atoms with Gasteiger partial charge in [-0.2, -0.15) is 0 Å². The number of benzene rings is 1. The monoisotopic (exact) mass is 199 g/mol. The highest BCUT2D eigenvalue weighted by molar-refractivity contribution is 5.82. The largest absolute Gasteiger partial charge is 0.318 e. The lowest BCUT2D eigenvalue weighted by Crippen LogP contribution is -2.20. The predicted octanol–water partition coefficient (Wildman–Crippen LogP) is 1.86. The third kappa shape index (κ3) is 1.80. The van der Waals surface area contributed by atoms with Crippen LogP contribution < -0.4 is 5.73 Å². The van der Waals surface area contributed by atoms with Crippen molar-refractivity contribution in [2.75, 3.05) is 0 Å². The Bertz CT molecular complexity index is 377. The van der Waals surface area contributed by atoms with Crippen LogP contribution in [0.1, 0.15) is 24.1 Å². The number of rotatable bonds is 2. The maximum absolute atomic E-state index is 13.3. The molecule has 1 aromatic rings. The van der Waals surface area contributed by atoms with E-state index in [1.807, 2.05) is 0 Å². The molecule has 0 aliphatic heterocycles. The molecule has 14 heavy (non-hydrogen) atoms. The van der Waals surface area contributed by atoms with E-state index in [0.717, 1.165) is 0 Å². The van der Waals surface area contributed by atoms with Crippen LogP contribution in [0.2, 0.25) is 0 Å². The Hall–Kier alpha value is -1.29. The van der Waals surface area contributed by atoms with Crippen molar-refractivity contribution >= 4 is 5.78 Å². The van der Waals surface area contributed by atoms with E-state index in [2.05, 4.69) is 0 Å². The van der Waals surface area contributed by atoms with E-state index in [-0.39, 0.29) is 11.1 Å². The van der Waals surface area contributed by atoms with Gasteiger partial charge in [-0.1, -0.05) is 12.1 Å². The van der Waals surface area contributed by atoms with Crippen molar-refractivity contribution in [3.05, 3.63) is 34.9 Å². The van der Waals surface area contributed by atoms with Gasteiger partial charge in [0.05, 0.1) is 6.04 Å². The summed E-state index contributed by atoms with van der Waals surface area (Å²) in [6, 6.07) is 1.64. The Morgan fingerprint density at radius 3 is 2.43 bits per heavy atom. The van der Waals surface area contributed by atoms with Gasteiger partial charge in [0, 0.05) is 5.56 Å². The second-order valence-corrected chi connectivity index (χ2v) is 3.19. The highest BCUT2D eigenvalue weighted by atomic mass is 19.2. The van der Waals surface area contributed by atoms with Gasteiger partial charge in [0.25, 0.3) is 0 Å². The van der Waals surface area contributed by atoms with E-state index in [1.54, 1.807) is 0 Å². The summed E-state index contributed by atoms with van der Waals surface area (Å²) in [4.78, 5) is 10.9. The topological polar surface area (TPSA) is 43.1 Å². The minimum absolute atomic E-state index is 0.0967. The standard InChI is InChI=1S/C10H11F2NO/c1-5-3-4-7(9(12)8(5)11)10(13)6(2)14/h3-4,10H,13H2,1-2H3. The van der Waals surface area contributed by atoms with Gasteiger partial charge in [0.15, 0.2) is 17.4 Å². The molecule has 0 aliphatic rings. The van der Waals surface area contributed by atoms with Gasteiger partial charge in [-0.15, -0.1) is 0 Å². The summed E-state index contributed by atoms with van der Waals surface area (Å²) in [5.74, 6) is -2.38. The summed E-state index contributed by atoms with van der Waals surface area (Å²) in [6.45, 7) is 2.68. The molecule has 1 unspecified atom stereocenters. The van der Waals surface area contributed by atoms with Crippen LogP contribution in [-0.4, -0.2) is 5.78 Å². The van der Waals surface area contributed by atoms with Gasteiger partial charge in [0.1, 0.15) is 0 Å². The fourth-order valence-electron chi connectivity index (χ4n) is 1.12. The lowest BCUT2D eigenvalue weighted by molar-refractivity contribution is -0.118. The molecule has 0 heterocycles. The summed E-state index contributed by atoms with van der Waals surface area (Å²) < 4.78 is 26.3. The molecular weight excluding hydrogens is 188 g/mol. The summed E-state index contributed by atoms with van der Waals surface area (Å²) in [5.41, 5.74) is 5.50. The highest BCUT2D eigenvalue weighted by Crippen LogP contribution is 2.20. The maximum Gasteiger partial charge on any atom is 0.164 e. The minimum atomic E-state index is -1.09. The fourth-order valence-corrected chi connectivity index (χ4v) is 1.12. The Morgan fingerprint density at radius 1 is 1.36 bits per heavy atom. The zero-order valence-electron chi connectivity index (χ0n) is 7.97. The number of carbonyl (C=O) groups is 1. The van der Waals surface area contributed by atoms with Gasteiger partial charge >= 0.3 is 0 Å². The van der Waals surface area contributed by atoms with Crippen LogP contribution in [-0.2, 0) is 4.79 Å². The van der Waals surface area contributed by atoms with Crippen LogP contribution in [0.15, 0.2) is 12.1 Å². The Morgan fingerprint density at radius 2 is 1.93 bits per heavy atom. The number of aryl methyl sites for hydroxylation is 1. The van der Waals surface area contributed by atoms with Crippen molar-refractivity contribution in [1.82, 2.24) is 0 Å². The SMILES string of the molecule is CC(=O)C(N)c1ccc(C)c(F)c1F. The summed E-state index contributed by atoms with van der Waals surface area (Å²) >= 11 is 0. The molecule has 76 valence electrons. The van der Waals surface area contributed by atoms with Crippen molar-refractivity contribution in [2.24, 2.45) is 5.73 Å². The van der Waals surface area contributed by atoms with Gasteiger partial charge in [-0.05, 0) is 19.4 Å². The first-order valence-electron chi connectivity index (χ1n) is 4.15. The van der Waals surface area contributed by atoms with Crippen LogP contribution >= 0.6 is 0 Å². The first-order valence-corrected chi connectivity index (χ1v) is 4.15. The first-order chi connectivity index (χ1) is 6.45. The van der Waals surface area contributed by atoms with Crippen molar-refractivity contribution in [1.29, 1.82) is 0 Å². The first kappa shape index (κ1) is 10.8.